The van der Waals surface area contributed by atoms with Gasteiger partial charge >= 0.3 is 6.09 Å². The van der Waals surface area contributed by atoms with Crippen LogP contribution in [0.2, 0.25) is 0 Å². The predicted octanol–water partition coefficient (Wildman–Crippen LogP) is 0.563. The molecule has 0 aromatic carbocycles. The van der Waals surface area contributed by atoms with Crippen LogP contribution in [0.1, 0.15) is 27.2 Å². The van der Waals surface area contributed by atoms with Crippen molar-refractivity contribution in [1.29, 1.82) is 0 Å². The molecule has 0 aromatic rings. The molecule has 0 radical (unpaired) electrons. The van der Waals surface area contributed by atoms with Crippen molar-refractivity contribution in [3.63, 3.8) is 0 Å². The van der Waals surface area contributed by atoms with Crippen LogP contribution in [0.3, 0.4) is 0 Å². The van der Waals surface area contributed by atoms with Crippen LogP contribution >= 0.6 is 0 Å². The summed E-state index contributed by atoms with van der Waals surface area (Å²) in [6.07, 6.45) is 0.543. The monoisotopic (exact) mass is 230 g/mol. The molecular formula is C11H22N2O3. The molecule has 0 aliphatic carbocycles. The molecule has 1 saturated heterocycles. The van der Waals surface area contributed by atoms with E-state index in [1.807, 2.05) is 20.8 Å². The van der Waals surface area contributed by atoms with Gasteiger partial charge in [-0.3, -0.25) is 0 Å². The standard InChI is InChI=1S/C11H22N2O3/c1-11(2,3)16-10(15)13-5-4-8(6-13)9(12)7-14/h8-9,14H,4-7,12H2,1-3H3/t8-,9-/m1/s1. The van der Waals surface area contributed by atoms with E-state index >= 15 is 0 Å². The summed E-state index contributed by atoms with van der Waals surface area (Å²) in [5.41, 5.74) is 5.28. The molecule has 2 atom stereocenters. The molecular weight excluding hydrogens is 208 g/mol. The Morgan fingerprint density at radius 3 is 2.75 bits per heavy atom. The molecule has 0 bridgehead atoms. The maximum atomic E-state index is 11.7. The van der Waals surface area contributed by atoms with Crippen LogP contribution < -0.4 is 5.73 Å². The van der Waals surface area contributed by atoms with E-state index in [1.165, 1.54) is 0 Å². The summed E-state index contributed by atoms with van der Waals surface area (Å²) in [6.45, 7) is 6.74. The van der Waals surface area contributed by atoms with Gasteiger partial charge in [-0.15, -0.1) is 0 Å². The van der Waals surface area contributed by atoms with E-state index in [9.17, 15) is 4.79 Å². The van der Waals surface area contributed by atoms with Crippen molar-refractivity contribution in [1.82, 2.24) is 4.90 Å². The molecule has 1 aliphatic heterocycles. The normalized spacial score (nSPS) is 23.3. The lowest BCUT2D eigenvalue weighted by molar-refractivity contribution is 0.0284. The average Bonchev–Trinajstić information content (AvgIpc) is 2.62. The van der Waals surface area contributed by atoms with Crippen molar-refractivity contribution in [2.45, 2.75) is 38.8 Å². The van der Waals surface area contributed by atoms with Crippen molar-refractivity contribution >= 4 is 6.09 Å². The largest absolute Gasteiger partial charge is 0.444 e. The van der Waals surface area contributed by atoms with Crippen LogP contribution in [-0.2, 0) is 4.74 Å². The van der Waals surface area contributed by atoms with Gasteiger partial charge in [-0.1, -0.05) is 0 Å². The fraction of sp³-hybridized carbons (Fsp3) is 0.909. The number of ether oxygens (including phenoxy) is 1. The van der Waals surface area contributed by atoms with E-state index in [0.717, 1.165) is 6.42 Å². The highest BCUT2D eigenvalue weighted by Gasteiger charge is 2.32. The zero-order chi connectivity index (χ0) is 12.3. The summed E-state index contributed by atoms with van der Waals surface area (Å²) in [7, 11) is 0. The minimum Gasteiger partial charge on any atom is -0.444 e. The fourth-order valence-corrected chi connectivity index (χ4v) is 1.78. The van der Waals surface area contributed by atoms with E-state index in [2.05, 4.69) is 0 Å². The molecule has 0 saturated carbocycles. The van der Waals surface area contributed by atoms with E-state index in [1.54, 1.807) is 4.90 Å². The lowest BCUT2D eigenvalue weighted by Gasteiger charge is -2.25. The molecule has 0 aromatic heterocycles. The zero-order valence-corrected chi connectivity index (χ0v) is 10.3. The van der Waals surface area contributed by atoms with E-state index in [4.69, 9.17) is 15.6 Å². The van der Waals surface area contributed by atoms with Crippen LogP contribution in [0, 0.1) is 5.92 Å². The Morgan fingerprint density at radius 1 is 1.62 bits per heavy atom. The number of carbonyl (C=O) groups is 1. The second-order valence-corrected chi connectivity index (χ2v) is 5.32. The van der Waals surface area contributed by atoms with E-state index < -0.39 is 5.60 Å². The van der Waals surface area contributed by atoms with Crippen LogP contribution in [0.25, 0.3) is 0 Å². The Morgan fingerprint density at radius 2 is 2.25 bits per heavy atom. The van der Waals surface area contributed by atoms with Gasteiger partial charge in [-0.25, -0.2) is 4.79 Å². The molecule has 1 aliphatic rings. The molecule has 1 rings (SSSR count). The number of nitrogens with zero attached hydrogens (tertiary/aromatic N) is 1. The third-order valence-corrected chi connectivity index (χ3v) is 2.69. The number of likely N-dealkylation sites (tertiary alicyclic amines) is 1. The second kappa shape index (κ2) is 5.01. The van der Waals surface area contributed by atoms with Crippen molar-refractivity contribution in [3.05, 3.63) is 0 Å². The van der Waals surface area contributed by atoms with Crippen LogP contribution in [0.15, 0.2) is 0 Å². The minimum absolute atomic E-state index is 0.0349. The van der Waals surface area contributed by atoms with Gasteiger partial charge in [0.15, 0.2) is 0 Å². The van der Waals surface area contributed by atoms with Crippen LogP contribution in [0.4, 0.5) is 4.79 Å². The van der Waals surface area contributed by atoms with Gasteiger partial charge in [0.2, 0.25) is 0 Å². The fourth-order valence-electron chi connectivity index (χ4n) is 1.78. The summed E-state index contributed by atoms with van der Waals surface area (Å²) in [5.74, 6) is 0.178. The minimum atomic E-state index is -0.464. The lowest BCUT2D eigenvalue weighted by Crippen LogP contribution is -2.38. The maximum absolute atomic E-state index is 11.7. The topological polar surface area (TPSA) is 75.8 Å². The first-order valence-electron chi connectivity index (χ1n) is 5.68. The van der Waals surface area contributed by atoms with Gasteiger partial charge in [-0.05, 0) is 33.1 Å². The van der Waals surface area contributed by atoms with E-state index in [-0.39, 0.29) is 24.7 Å². The maximum Gasteiger partial charge on any atom is 0.410 e. The molecule has 1 fully saturated rings. The number of hydrogen-bond acceptors (Lipinski definition) is 4. The summed E-state index contributed by atoms with van der Waals surface area (Å²) >= 11 is 0. The molecule has 5 nitrogen and oxygen atoms in total. The quantitative estimate of drug-likeness (QED) is 0.727. The van der Waals surface area contributed by atoms with Crippen LogP contribution in [-0.4, -0.2) is 47.4 Å². The highest BCUT2D eigenvalue weighted by molar-refractivity contribution is 5.68. The number of aliphatic hydroxyl groups excluding tert-OH is 1. The van der Waals surface area contributed by atoms with Gasteiger partial charge in [0.1, 0.15) is 5.60 Å². The average molecular weight is 230 g/mol. The summed E-state index contributed by atoms with van der Waals surface area (Å²) in [5, 5.41) is 8.95. The molecule has 94 valence electrons. The summed E-state index contributed by atoms with van der Waals surface area (Å²) < 4.78 is 5.27. The molecule has 16 heavy (non-hydrogen) atoms. The van der Waals surface area contributed by atoms with Crippen molar-refractivity contribution in [2.75, 3.05) is 19.7 Å². The first-order valence-corrected chi connectivity index (χ1v) is 5.68. The Bertz CT molecular complexity index is 250. The highest BCUT2D eigenvalue weighted by atomic mass is 16.6. The van der Waals surface area contributed by atoms with Gasteiger partial charge in [0.25, 0.3) is 0 Å². The number of amides is 1. The van der Waals surface area contributed by atoms with Gasteiger partial charge in [0, 0.05) is 19.1 Å². The SMILES string of the molecule is CC(C)(C)OC(=O)N1CC[C@@H]([C@H](N)CO)C1. The molecule has 0 unspecified atom stereocenters. The van der Waals surface area contributed by atoms with Crippen molar-refractivity contribution < 1.29 is 14.6 Å². The number of carbonyl (C=O) groups excluding carboxylic acids is 1. The first kappa shape index (κ1) is 13.3. The van der Waals surface area contributed by atoms with Crippen molar-refractivity contribution in [2.24, 2.45) is 11.7 Å². The molecule has 3 N–H and O–H groups in total. The zero-order valence-electron chi connectivity index (χ0n) is 10.3. The van der Waals surface area contributed by atoms with Crippen molar-refractivity contribution in [3.8, 4) is 0 Å². The molecule has 1 heterocycles. The highest BCUT2D eigenvalue weighted by Crippen LogP contribution is 2.21. The number of nitrogens with two attached hydrogens (primary N) is 1. The number of rotatable bonds is 2. The Labute approximate surface area is 96.6 Å². The van der Waals surface area contributed by atoms with Gasteiger partial charge in [-0.2, -0.15) is 0 Å². The summed E-state index contributed by atoms with van der Waals surface area (Å²) in [4.78, 5) is 13.4. The first-order chi connectivity index (χ1) is 7.33. The molecule has 0 spiro atoms. The second-order valence-electron chi connectivity index (χ2n) is 5.32. The molecule has 5 heteroatoms. The Balaban J connectivity index is 2.44. The van der Waals surface area contributed by atoms with E-state index in [0.29, 0.717) is 13.1 Å². The number of aliphatic hydroxyl groups is 1. The lowest BCUT2D eigenvalue weighted by atomic mass is 10.0. The number of hydrogen-bond donors (Lipinski definition) is 2. The Hall–Kier alpha value is -0.810. The third-order valence-electron chi connectivity index (χ3n) is 2.69. The predicted molar refractivity (Wildman–Crippen MR) is 61.0 cm³/mol. The molecule has 1 amide bonds. The third kappa shape index (κ3) is 3.64. The Kier molecular flexibility index (Phi) is 4.15. The smallest absolute Gasteiger partial charge is 0.410 e. The van der Waals surface area contributed by atoms with Gasteiger partial charge < -0.3 is 20.5 Å². The van der Waals surface area contributed by atoms with Crippen LogP contribution in [0.5, 0.6) is 0 Å². The van der Waals surface area contributed by atoms with Gasteiger partial charge in [0.05, 0.1) is 6.61 Å². The summed E-state index contributed by atoms with van der Waals surface area (Å²) in [6, 6.07) is -0.243.